The molecular formula is C27H24F3N5O. The molecular weight excluding hydrogens is 467 g/mol. The fourth-order valence-electron chi connectivity index (χ4n) is 4.24. The Morgan fingerprint density at radius 1 is 1.03 bits per heavy atom. The third-order valence-corrected chi connectivity index (χ3v) is 6.38. The van der Waals surface area contributed by atoms with Crippen molar-refractivity contribution in [2.45, 2.75) is 19.5 Å². The Morgan fingerprint density at radius 2 is 1.83 bits per heavy atom. The fraction of sp³-hybridized carbons (Fsp3) is 0.222. The van der Waals surface area contributed by atoms with Gasteiger partial charge in [-0.2, -0.15) is 13.2 Å². The van der Waals surface area contributed by atoms with Crippen LogP contribution in [0.25, 0.3) is 22.0 Å². The number of carbonyl (C=O) groups is 1. The Hall–Kier alpha value is -4.14. The first kappa shape index (κ1) is 23.6. The van der Waals surface area contributed by atoms with Gasteiger partial charge in [-0.1, -0.05) is 12.1 Å². The molecule has 1 saturated heterocycles. The van der Waals surface area contributed by atoms with Crippen molar-refractivity contribution in [1.29, 1.82) is 0 Å². The Kier molecular flexibility index (Phi) is 5.99. The molecule has 1 aliphatic rings. The number of aromatic nitrogens is 2. The van der Waals surface area contributed by atoms with Gasteiger partial charge < -0.3 is 15.5 Å². The number of alkyl halides is 3. The summed E-state index contributed by atoms with van der Waals surface area (Å²) in [5, 5.41) is 6.48. The second-order valence-corrected chi connectivity index (χ2v) is 8.77. The number of nitrogens with one attached hydrogen (secondary N) is 2. The van der Waals surface area contributed by atoms with Crippen molar-refractivity contribution in [3.63, 3.8) is 0 Å². The predicted octanol–water partition coefficient (Wildman–Crippen LogP) is 6.13. The maximum absolute atomic E-state index is 13.4. The number of amides is 1. The van der Waals surface area contributed by atoms with Crippen LogP contribution in [0.4, 0.5) is 30.5 Å². The van der Waals surface area contributed by atoms with Gasteiger partial charge in [0.1, 0.15) is 0 Å². The lowest BCUT2D eigenvalue weighted by atomic mass is 9.96. The van der Waals surface area contributed by atoms with Gasteiger partial charge in [-0.25, -0.2) is 9.97 Å². The zero-order valence-electron chi connectivity index (χ0n) is 19.8. The fourth-order valence-corrected chi connectivity index (χ4v) is 4.24. The lowest BCUT2D eigenvalue weighted by Crippen LogP contribution is -2.37. The number of aryl methyl sites for hydroxylation is 1. The maximum atomic E-state index is 13.4. The molecule has 1 fully saturated rings. The summed E-state index contributed by atoms with van der Waals surface area (Å²) in [6.45, 7) is 3.42. The van der Waals surface area contributed by atoms with E-state index in [0.717, 1.165) is 59.2 Å². The number of carbonyl (C=O) groups excluding carboxylic acids is 1. The minimum atomic E-state index is -4.50. The predicted molar refractivity (Wildman–Crippen MR) is 135 cm³/mol. The minimum Gasteiger partial charge on any atom is -0.370 e. The highest BCUT2D eigenvalue weighted by Gasteiger charge is 2.32. The largest absolute Gasteiger partial charge is 0.416 e. The van der Waals surface area contributed by atoms with Crippen molar-refractivity contribution in [2.75, 3.05) is 35.7 Å². The summed E-state index contributed by atoms with van der Waals surface area (Å²) in [4.78, 5) is 23.8. The van der Waals surface area contributed by atoms with Gasteiger partial charge in [0, 0.05) is 37.3 Å². The molecule has 3 aromatic carbocycles. The van der Waals surface area contributed by atoms with E-state index >= 15 is 0 Å². The van der Waals surface area contributed by atoms with Gasteiger partial charge in [-0.05, 0) is 72.5 Å². The van der Waals surface area contributed by atoms with E-state index in [0.29, 0.717) is 17.2 Å². The Morgan fingerprint density at radius 3 is 2.53 bits per heavy atom. The second kappa shape index (κ2) is 9.14. The molecule has 0 spiro atoms. The van der Waals surface area contributed by atoms with E-state index in [1.54, 1.807) is 25.4 Å². The zero-order chi connectivity index (χ0) is 25.4. The van der Waals surface area contributed by atoms with Crippen molar-refractivity contribution in [1.82, 2.24) is 9.97 Å². The molecule has 0 atom stereocenters. The Balaban J connectivity index is 1.47. The molecule has 0 saturated carbocycles. The number of benzene rings is 3. The molecule has 2 N–H and O–H groups in total. The summed E-state index contributed by atoms with van der Waals surface area (Å²) in [6, 6.07) is 14.5. The van der Waals surface area contributed by atoms with Crippen LogP contribution in [0, 0.1) is 6.92 Å². The van der Waals surface area contributed by atoms with Crippen LogP contribution in [0.2, 0.25) is 0 Å². The first-order valence-electron chi connectivity index (χ1n) is 11.6. The smallest absolute Gasteiger partial charge is 0.370 e. The van der Waals surface area contributed by atoms with Crippen LogP contribution in [-0.4, -0.2) is 36.0 Å². The molecule has 1 aromatic heterocycles. The van der Waals surface area contributed by atoms with E-state index in [1.165, 1.54) is 6.07 Å². The highest BCUT2D eigenvalue weighted by Crippen LogP contribution is 2.37. The van der Waals surface area contributed by atoms with Gasteiger partial charge in [0.2, 0.25) is 5.95 Å². The lowest BCUT2D eigenvalue weighted by Gasteiger charge is -2.35. The van der Waals surface area contributed by atoms with Crippen molar-refractivity contribution in [2.24, 2.45) is 0 Å². The van der Waals surface area contributed by atoms with Crippen LogP contribution in [0.3, 0.4) is 0 Å². The summed E-state index contributed by atoms with van der Waals surface area (Å²) in [7, 11) is 1.75. The highest BCUT2D eigenvalue weighted by atomic mass is 19.4. The van der Waals surface area contributed by atoms with E-state index in [4.69, 9.17) is 0 Å². The third-order valence-electron chi connectivity index (χ3n) is 6.38. The van der Waals surface area contributed by atoms with Crippen molar-refractivity contribution in [3.05, 3.63) is 77.5 Å². The van der Waals surface area contributed by atoms with Crippen molar-refractivity contribution >= 4 is 34.1 Å². The van der Waals surface area contributed by atoms with Crippen molar-refractivity contribution in [3.8, 4) is 11.1 Å². The molecule has 9 heteroatoms. The standard InChI is InChI=1S/C27H24F3N5O/c1-16-4-5-18(13-21(16)17-6-8-22-19(12-17)15-32-26(31-2)34-22)25(36)33-23-14-20(27(28,29)30)7-9-24(23)35-10-3-11-35/h4-9,12-15H,3,10-11H2,1-2H3,(H,33,36)(H,31,32,34). The van der Waals surface area contributed by atoms with Gasteiger partial charge in [-0.15, -0.1) is 0 Å². The van der Waals surface area contributed by atoms with Gasteiger partial charge in [0.25, 0.3) is 5.91 Å². The summed E-state index contributed by atoms with van der Waals surface area (Å²) in [5.41, 5.74) is 3.76. The molecule has 1 amide bonds. The third kappa shape index (κ3) is 4.56. The SMILES string of the molecule is CNc1ncc2cc(-c3cc(C(=O)Nc4cc(C(F)(F)F)ccc4N4CCC4)ccc3C)ccc2n1. The van der Waals surface area contributed by atoms with Crippen LogP contribution in [0.15, 0.2) is 60.8 Å². The summed E-state index contributed by atoms with van der Waals surface area (Å²) in [6.07, 6.45) is -1.81. The first-order chi connectivity index (χ1) is 17.2. The quantitative estimate of drug-likeness (QED) is 0.352. The normalized spacial score (nSPS) is 13.4. The zero-order valence-corrected chi connectivity index (χ0v) is 19.8. The number of rotatable bonds is 5. The van der Waals surface area contributed by atoms with Crippen LogP contribution in [0.5, 0.6) is 0 Å². The van der Waals surface area contributed by atoms with E-state index in [1.807, 2.05) is 36.1 Å². The number of halogens is 3. The lowest BCUT2D eigenvalue weighted by molar-refractivity contribution is -0.137. The second-order valence-electron chi connectivity index (χ2n) is 8.77. The molecule has 2 heterocycles. The van der Waals surface area contributed by atoms with Gasteiger partial charge in [-0.3, -0.25) is 4.79 Å². The molecule has 6 nitrogen and oxygen atoms in total. The first-order valence-corrected chi connectivity index (χ1v) is 11.6. The monoisotopic (exact) mass is 491 g/mol. The van der Waals surface area contributed by atoms with E-state index < -0.39 is 17.6 Å². The maximum Gasteiger partial charge on any atom is 0.416 e. The van der Waals surface area contributed by atoms with E-state index in [9.17, 15) is 18.0 Å². The minimum absolute atomic E-state index is 0.153. The average Bonchev–Trinajstić information content (AvgIpc) is 2.83. The van der Waals surface area contributed by atoms with Crippen LogP contribution in [0.1, 0.15) is 27.9 Å². The summed E-state index contributed by atoms with van der Waals surface area (Å²) < 4.78 is 40.1. The van der Waals surface area contributed by atoms with Gasteiger partial charge >= 0.3 is 6.18 Å². The molecule has 0 unspecified atom stereocenters. The number of fused-ring (bicyclic) bond motifs is 1. The summed E-state index contributed by atoms with van der Waals surface area (Å²) >= 11 is 0. The molecule has 4 aromatic rings. The number of hydrogen-bond donors (Lipinski definition) is 2. The molecule has 36 heavy (non-hydrogen) atoms. The van der Waals surface area contributed by atoms with Crippen LogP contribution >= 0.6 is 0 Å². The topological polar surface area (TPSA) is 70.2 Å². The van der Waals surface area contributed by atoms with E-state index in [2.05, 4.69) is 20.6 Å². The molecule has 0 aliphatic carbocycles. The molecule has 5 rings (SSSR count). The van der Waals surface area contributed by atoms with Gasteiger partial charge in [0.15, 0.2) is 0 Å². The summed E-state index contributed by atoms with van der Waals surface area (Å²) in [5.74, 6) is 0.0532. The molecule has 0 radical (unpaired) electrons. The highest BCUT2D eigenvalue weighted by molar-refractivity contribution is 6.07. The van der Waals surface area contributed by atoms with Gasteiger partial charge in [0.05, 0.1) is 22.5 Å². The number of hydrogen-bond acceptors (Lipinski definition) is 5. The van der Waals surface area contributed by atoms with Crippen LogP contribution < -0.4 is 15.5 Å². The number of anilines is 3. The van der Waals surface area contributed by atoms with Crippen molar-refractivity contribution < 1.29 is 18.0 Å². The number of nitrogens with zero attached hydrogens (tertiary/aromatic N) is 3. The Labute approximate surface area is 206 Å². The Bertz CT molecular complexity index is 1460. The molecule has 0 bridgehead atoms. The molecule has 184 valence electrons. The van der Waals surface area contributed by atoms with E-state index in [-0.39, 0.29) is 5.69 Å². The van der Waals surface area contributed by atoms with Crippen LogP contribution in [-0.2, 0) is 6.18 Å². The molecule has 1 aliphatic heterocycles. The average molecular weight is 492 g/mol.